The summed E-state index contributed by atoms with van der Waals surface area (Å²) < 4.78 is 33.2. The highest BCUT2D eigenvalue weighted by atomic mass is 32.2. The van der Waals surface area contributed by atoms with Gasteiger partial charge in [-0.05, 0) is 56.0 Å². The van der Waals surface area contributed by atoms with Gasteiger partial charge in [-0.15, -0.1) is 11.3 Å². The van der Waals surface area contributed by atoms with E-state index in [0.717, 1.165) is 36.1 Å². The number of unbranched alkanes of at least 4 members (excludes halogenated alkanes) is 2. The second-order valence-electron chi connectivity index (χ2n) is 9.87. The van der Waals surface area contributed by atoms with Crippen molar-refractivity contribution < 1.29 is 27.5 Å². The first-order chi connectivity index (χ1) is 19.0. The molecule has 0 fully saturated rings. The lowest BCUT2D eigenvalue weighted by molar-refractivity contribution is 0.0827. The van der Waals surface area contributed by atoms with E-state index >= 15 is 0 Å². The normalized spacial score (nSPS) is 13.2. The van der Waals surface area contributed by atoms with E-state index in [4.69, 9.17) is 4.74 Å². The van der Waals surface area contributed by atoms with Crippen LogP contribution in [0.25, 0.3) is 0 Å². The number of sulfonamides is 1. The first-order valence-electron chi connectivity index (χ1n) is 13.7. The summed E-state index contributed by atoms with van der Waals surface area (Å²) in [6, 6.07) is 5.89. The monoisotopic (exact) mass is 592 g/mol. The Kier molecular flexibility index (Phi) is 11.1. The van der Waals surface area contributed by atoms with Crippen molar-refractivity contribution in [3.8, 4) is 0 Å². The maximum absolute atomic E-state index is 13.3. The van der Waals surface area contributed by atoms with Crippen molar-refractivity contribution in [2.75, 3.05) is 45.7 Å². The third kappa shape index (κ3) is 7.21. The van der Waals surface area contributed by atoms with Crippen molar-refractivity contribution in [3.63, 3.8) is 0 Å². The van der Waals surface area contributed by atoms with Crippen LogP contribution in [0.15, 0.2) is 29.2 Å². The lowest BCUT2D eigenvalue weighted by Crippen LogP contribution is -2.36. The topological polar surface area (TPSA) is 116 Å². The number of benzene rings is 1. The van der Waals surface area contributed by atoms with Crippen LogP contribution in [-0.2, 0) is 27.7 Å². The van der Waals surface area contributed by atoms with E-state index in [0.29, 0.717) is 43.2 Å². The number of fused-ring (bicyclic) bond motifs is 1. The average Bonchev–Trinajstić information content (AvgIpc) is 3.29. The molecule has 0 unspecified atom stereocenters. The highest BCUT2D eigenvalue weighted by Crippen LogP contribution is 2.38. The Morgan fingerprint density at radius 3 is 2.20 bits per heavy atom. The van der Waals surface area contributed by atoms with Gasteiger partial charge in [-0.25, -0.2) is 13.2 Å². The minimum absolute atomic E-state index is 0.144. The van der Waals surface area contributed by atoms with Crippen molar-refractivity contribution in [2.24, 2.45) is 0 Å². The van der Waals surface area contributed by atoms with Gasteiger partial charge >= 0.3 is 6.09 Å². The van der Waals surface area contributed by atoms with Gasteiger partial charge in [-0.1, -0.05) is 26.7 Å². The number of ether oxygens (including phenoxy) is 1. The zero-order valence-electron chi connectivity index (χ0n) is 24.0. The van der Waals surface area contributed by atoms with Crippen LogP contribution in [0.1, 0.15) is 77.6 Å². The fourth-order valence-corrected chi connectivity index (χ4v) is 7.20. The molecule has 2 heterocycles. The molecule has 1 aliphatic heterocycles. The van der Waals surface area contributed by atoms with Gasteiger partial charge in [0.05, 0.1) is 23.6 Å². The number of anilines is 1. The van der Waals surface area contributed by atoms with Crippen LogP contribution >= 0.6 is 11.3 Å². The molecule has 3 amide bonds. The van der Waals surface area contributed by atoms with Crippen LogP contribution in [0, 0.1) is 0 Å². The summed E-state index contributed by atoms with van der Waals surface area (Å²) in [6.07, 6.45) is 3.39. The van der Waals surface area contributed by atoms with Crippen molar-refractivity contribution in [3.05, 3.63) is 45.8 Å². The predicted octanol–water partition coefficient (Wildman–Crippen LogP) is 4.81. The van der Waals surface area contributed by atoms with Gasteiger partial charge < -0.3 is 19.9 Å². The Morgan fingerprint density at radius 1 is 1.02 bits per heavy atom. The van der Waals surface area contributed by atoms with Crippen molar-refractivity contribution in [2.45, 2.75) is 64.3 Å². The molecular formula is C28H40N4O6S2. The smallest absolute Gasteiger partial charge is 0.410 e. The molecule has 0 spiro atoms. The molecule has 3 rings (SSSR count). The number of amides is 3. The van der Waals surface area contributed by atoms with Gasteiger partial charge in [0.15, 0.2) is 0 Å². The summed E-state index contributed by atoms with van der Waals surface area (Å²) >= 11 is 1.26. The summed E-state index contributed by atoms with van der Waals surface area (Å²) in [6.45, 7) is 7.69. The molecule has 0 aliphatic carbocycles. The minimum atomic E-state index is -3.68. The predicted molar refractivity (Wildman–Crippen MR) is 156 cm³/mol. The molecule has 1 aromatic carbocycles. The van der Waals surface area contributed by atoms with Crippen LogP contribution in [0.5, 0.6) is 0 Å². The molecule has 1 aliphatic rings. The molecule has 0 bridgehead atoms. The third-order valence-corrected chi connectivity index (χ3v) is 9.75. The average molecular weight is 593 g/mol. The number of nitrogens with one attached hydrogen (secondary N) is 1. The summed E-state index contributed by atoms with van der Waals surface area (Å²) in [4.78, 5) is 42.6. The fourth-order valence-electron chi connectivity index (χ4n) is 4.44. The van der Waals surface area contributed by atoms with E-state index in [1.54, 1.807) is 25.9 Å². The molecule has 0 saturated carbocycles. The molecule has 0 atom stereocenters. The molecule has 40 heavy (non-hydrogen) atoms. The first-order valence-corrected chi connectivity index (χ1v) is 16.0. The molecule has 10 nitrogen and oxygen atoms in total. The number of carbonyl (C=O) groups excluding carboxylic acids is 3. The zero-order chi connectivity index (χ0) is 29.4. The Balaban J connectivity index is 1.85. The quantitative estimate of drug-likeness (QED) is 0.378. The van der Waals surface area contributed by atoms with Crippen molar-refractivity contribution in [1.29, 1.82) is 0 Å². The van der Waals surface area contributed by atoms with E-state index in [1.807, 2.05) is 13.8 Å². The maximum atomic E-state index is 13.3. The highest BCUT2D eigenvalue weighted by molar-refractivity contribution is 7.89. The highest BCUT2D eigenvalue weighted by Gasteiger charge is 2.32. The Bertz CT molecular complexity index is 1300. The largest absolute Gasteiger partial charge is 0.450 e. The second-order valence-corrected chi connectivity index (χ2v) is 12.9. The van der Waals surface area contributed by atoms with Gasteiger partial charge in [-0.3, -0.25) is 9.59 Å². The van der Waals surface area contributed by atoms with Gasteiger partial charge in [0.25, 0.3) is 11.8 Å². The minimum Gasteiger partial charge on any atom is -0.450 e. The number of carbonyl (C=O) groups is 3. The molecule has 0 radical (unpaired) electrons. The summed E-state index contributed by atoms with van der Waals surface area (Å²) in [5, 5.41) is 3.27. The van der Waals surface area contributed by atoms with Crippen LogP contribution in [0.4, 0.5) is 9.80 Å². The number of hydrogen-bond acceptors (Lipinski definition) is 7. The van der Waals surface area contributed by atoms with E-state index in [9.17, 15) is 22.8 Å². The van der Waals surface area contributed by atoms with Crippen molar-refractivity contribution in [1.82, 2.24) is 14.1 Å². The second kappa shape index (κ2) is 14.1. The van der Waals surface area contributed by atoms with E-state index < -0.39 is 22.0 Å². The van der Waals surface area contributed by atoms with Crippen molar-refractivity contribution >= 4 is 44.3 Å². The van der Waals surface area contributed by atoms with Gasteiger partial charge in [-0.2, -0.15) is 4.31 Å². The number of nitrogens with zero attached hydrogens (tertiary/aromatic N) is 3. The number of rotatable bonds is 12. The van der Waals surface area contributed by atoms with E-state index in [1.165, 1.54) is 44.8 Å². The van der Waals surface area contributed by atoms with E-state index in [2.05, 4.69) is 5.32 Å². The summed E-state index contributed by atoms with van der Waals surface area (Å²) in [5.41, 5.74) is 1.51. The SMILES string of the molecule is CCCCN(CCCC)S(=O)(=O)c1ccc(C(=O)Nc2sc3c(c2C(=O)N(C)C)CCN(C(=O)OCC)C3)cc1. The number of thiophene rings is 1. The Labute approximate surface area is 241 Å². The van der Waals surface area contributed by atoms with Gasteiger partial charge in [0, 0.05) is 44.2 Å². The first kappa shape index (κ1) is 31.6. The van der Waals surface area contributed by atoms with E-state index in [-0.39, 0.29) is 23.0 Å². The lowest BCUT2D eigenvalue weighted by atomic mass is 10.0. The lowest BCUT2D eigenvalue weighted by Gasteiger charge is -2.26. The maximum Gasteiger partial charge on any atom is 0.410 e. The van der Waals surface area contributed by atoms with Crippen LogP contribution in [-0.4, -0.2) is 80.8 Å². The molecule has 0 saturated heterocycles. The number of hydrogen-bond donors (Lipinski definition) is 1. The summed E-state index contributed by atoms with van der Waals surface area (Å²) in [5.74, 6) is -0.690. The molecular weight excluding hydrogens is 552 g/mol. The standard InChI is InChI=1S/C28H40N4O6S2/c1-6-9-16-32(17-10-7-2)40(36,37)21-13-11-20(12-14-21)25(33)29-26-24(27(34)30(4)5)22-15-18-31(19-23(22)39-26)28(35)38-8-3/h11-14H,6-10,15-19H2,1-5H3,(H,29,33). The van der Waals surface area contributed by atoms with Gasteiger partial charge in [0.1, 0.15) is 5.00 Å². The third-order valence-electron chi connectivity index (χ3n) is 6.71. The molecule has 1 aromatic heterocycles. The van der Waals surface area contributed by atoms with Crippen LogP contribution < -0.4 is 5.32 Å². The Morgan fingerprint density at radius 2 is 1.65 bits per heavy atom. The summed E-state index contributed by atoms with van der Waals surface area (Å²) in [7, 11) is -0.386. The van der Waals surface area contributed by atoms with Gasteiger partial charge in [0.2, 0.25) is 10.0 Å². The Hall–Kier alpha value is -2.96. The molecule has 2 aromatic rings. The molecule has 12 heteroatoms. The molecule has 220 valence electrons. The fraction of sp³-hybridized carbons (Fsp3) is 0.536. The molecule has 1 N–H and O–H groups in total. The zero-order valence-corrected chi connectivity index (χ0v) is 25.6. The van der Waals surface area contributed by atoms with Crippen LogP contribution in [0.3, 0.4) is 0 Å². The van der Waals surface area contributed by atoms with Crippen LogP contribution in [0.2, 0.25) is 0 Å².